The Labute approximate surface area is 187 Å². The van der Waals surface area contributed by atoms with Gasteiger partial charge in [-0.1, -0.05) is 29.8 Å². The molecule has 0 saturated carbocycles. The molecule has 0 unspecified atom stereocenters. The molecular formula is C23H16ClN3O5. The Kier molecular flexibility index (Phi) is 4.22. The standard InChI is InChI=1S/C23H16ClN3O5/c24-17-7-6-14(27(28)29)10-16(17)23-26-19(15-3-1-2-4-20(15)32-23)11-18(25-26)13-5-8-21-22(9-13)31-12-30-21/h1-10,19,23H,11-12H2/t19-,23+/m1/s1. The van der Waals surface area contributed by atoms with Crippen LogP contribution in [0, 0.1) is 10.1 Å². The average Bonchev–Trinajstić information content (AvgIpc) is 3.45. The van der Waals surface area contributed by atoms with Crippen LogP contribution >= 0.6 is 11.6 Å². The number of non-ortho nitro benzene ring substituents is 1. The van der Waals surface area contributed by atoms with Gasteiger partial charge >= 0.3 is 0 Å². The van der Waals surface area contributed by atoms with Crippen LogP contribution in [0.4, 0.5) is 5.69 Å². The average molecular weight is 450 g/mol. The molecule has 9 heteroatoms. The second-order valence-corrected chi connectivity index (χ2v) is 8.09. The van der Waals surface area contributed by atoms with Crippen LogP contribution in [-0.2, 0) is 0 Å². The Morgan fingerprint density at radius 2 is 1.84 bits per heavy atom. The lowest BCUT2D eigenvalue weighted by molar-refractivity contribution is -0.385. The Morgan fingerprint density at radius 1 is 1.00 bits per heavy atom. The lowest BCUT2D eigenvalue weighted by atomic mass is 9.95. The minimum atomic E-state index is -0.700. The van der Waals surface area contributed by atoms with Crippen molar-refractivity contribution >= 4 is 23.0 Å². The summed E-state index contributed by atoms with van der Waals surface area (Å²) in [5.41, 5.74) is 3.23. The predicted octanol–water partition coefficient (Wildman–Crippen LogP) is 5.22. The third-order valence-corrected chi connectivity index (χ3v) is 6.21. The number of benzene rings is 3. The first kappa shape index (κ1) is 18.9. The normalized spacial score (nSPS) is 20.3. The maximum atomic E-state index is 11.4. The number of nitro groups is 1. The number of halogens is 1. The molecule has 8 nitrogen and oxygen atoms in total. The summed E-state index contributed by atoms with van der Waals surface area (Å²) in [5, 5.41) is 18.5. The zero-order valence-corrected chi connectivity index (χ0v) is 17.4. The van der Waals surface area contributed by atoms with Gasteiger partial charge in [0.15, 0.2) is 11.5 Å². The van der Waals surface area contributed by atoms with Crippen LogP contribution < -0.4 is 14.2 Å². The van der Waals surface area contributed by atoms with Crippen molar-refractivity contribution in [2.45, 2.75) is 18.7 Å². The number of ether oxygens (including phenoxy) is 3. The van der Waals surface area contributed by atoms with Gasteiger partial charge in [0, 0.05) is 40.3 Å². The van der Waals surface area contributed by atoms with Gasteiger partial charge in [-0.2, -0.15) is 5.10 Å². The van der Waals surface area contributed by atoms with Gasteiger partial charge in [-0.25, -0.2) is 5.01 Å². The van der Waals surface area contributed by atoms with Crippen molar-refractivity contribution in [1.82, 2.24) is 5.01 Å². The van der Waals surface area contributed by atoms with E-state index in [9.17, 15) is 10.1 Å². The summed E-state index contributed by atoms with van der Waals surface area (Å²) >= 11 is 6.46. The number of para-hydroxylation sites is 1. The highest BCUT2D eigenvalue weighted by Crippen LogP contribution is 2.49. The third-order valence-electron chi connectivity index (χ3n) is 5.86. The second kappa shape index (κ2) is 7.13. The number of nitro benzene ring substituents is 1. The van der Waals surface area contributed by atoms with E-state index in [4.69, 9.17) is 30.9 Å². The van der Waals surface area contributed by atoms with Crippen molar-refractivity contribution in [2.24, 2.45) is 5.10 Å². The quantitative estimate of drug-likeness (QED) is 0.402. The van der Waals surface area contributed by atoms with E-state index in [1.165, 1.54) is 18.2 Å². The summed E-state index contributed by atoms with van der Waals surface area (Å²) in [5.74, 6) is 2.11. The Hall–Kier alpha value is -3.78. The Bertz CT molecular complexity index is 1290. The number of hydrogen-bond acceptors (Lipinski definition) is 7. The van der Waals surface area contributed by atoms with Crippen molar-refractivity contribution < 1.29 is 19.1 Å². The summed E-state index contributed by atoms with van der Waals surface area (Å²) in [7, 11) is 0. The maximum absolute atomic E-state index is 11.4. The van der Waals surface area contributed by atoms with Crippen molar-refractivity contribution in [2.75, 3.05) is 6.79 Å². The van der Waals surface area contributed by atoms with Gasteiger partial charge in [-0.15, -0.1) is 0 Å². The van der Waals surface area contributed by atoms with Gasteiger partial charge in [-0.3, -0.25) is 10.1 Å². The Balaban J connectivity index is 1.45. The summed E-state index contributed by atoms with van der Waals surface area (Å²) < 4.78 is 17.2. The molecule has 0 fully saturated rings. The van der Waals surface area contributed by atoms with E-state index >= 15 is 0 Å². The van der Waals surface area contributed by atoms with E-state index in [2.05, 4.69) is 0 Å². The molecule has 160 valence electrons. The minimum Gasteiger partial charge on any atom is -0.464 e. The molecule has 0 bridgehead atoms. The molecular weight excluding hydrogens is 434 g/mol. The number of nitrogens with zero attached hydrogens (tertiary/aromatic N) is 3. The summed E-state index contributed by atoms with van der Waals surface area (Å²) in [4.78, 5) is 10.9. The molecule has 2 atom stereocenters. The van der Waals surface area contributed by atoms with Gasteiger partial charge in [0.05, 0.1) is 16.7 Å². The summed E-state index contributed by atoms with van der Waals surface area (Å²) in [6, 6.07) is 17.8. The topological polar surface area (TPSA) is 86.4 Å². The first-order valence-corrected chi connectivity index (χ1v) is 10.4. The van der Waals surface area contributed by atoms with E-state index < -0.39 is 11.2 Å². The predicted molar refractivity (Wildman–Crippen MR) is 116 cm³/mol. The van der Waals surface area contributed by atoms with E-state index in [0.29, 0.717) is 34.3 Å². The molecule has 3 heterocycles. The first-order chi connectivity index (χ1) is 15.6. The van der Waals surface area contributed by atoms with Crippen LogP contribution in [0.3, 0.4) is 0 Å². The van der Waals surface area contributed by atoms with Crippen LogP contribution in [0.2, 0.25) is 5.02 Å². The molecule has 3 aliphatic heterocycles. The fourth-order valence-electron chi connectivity index (χ4n) is 4.32. The zero-order chi connectivity index (χ0) is 21.8. The number of hydrogen-bond donors (Lipinski definition) is 0. The van der Waals surface area contributed by atoms with E-state index in [1.807, 2.05) is 47.5 Å². The monoisotopic (exact) mass is 449 g/mol. The molecule has 3 aliphatic rings. The lowest BCUT2D eigenvalue weighted by Crippen LogP contribution is -2.33. The van der Waals surface area contributed by atoms with Crippen LogP contribution in [0.1, 0.15) is 35.4 Å². The molecule has 3 aromatic rings. The summed E-state index contributed by atoms with van der Waals surface area (Å²) in [6.45, 7) is 0.203. The highest BCUT2D eigenvalue weighted by Gasteiger charge is 2.42. The van der Waals surface area contributed by atoms with Crippen LogP contribution in [0.5, 0.6) is 17.2 Å². The van der Waals surface area contributed by atoms with E-state index in [0.717, 1.165) is 16.8 Å². The van der Waals surface area contributed by atoms with Crippen LogP contribution in [0.25, 0.3) is 0 Å². The molecule has 0 radical (unpaired) electrons. The van der Waals surface area contributed by atoms with E-state index in [-0.39, 0.29) is 18.5 Å². The largest absolute Gasteiger partial charge is 0.464 e. The smallest absolute Gasteiger partial charge is 0.270 e. The molecule has 32 heavy (non-hydrogen) atoms. The molecule has 0 aliphatic carbocycles. The van der Waals surface area contributed by atoms with Gasteiger partial charge in [0.2, 0.25) is 13.0 Å². The first-order valence-electron chi connectivity index (χ1n) is 10.0. The zero-order valence-electron chi connectivity index (χ0n) is 16.6. The second-order valence-electron chi connectivity index (χ2n) is 7.69. The van der Waals surface area contributed by atoms with Gasteiger partial charge in [0.25, 0.3) is 5.69 Å². The van der Waals surface area contributed by atoms with Crippen molar-refractivity contribution in [3.05, 3.63) is 92.5 Å². The van der Waals surface area contributed by atoms with Gasteiger partial charge < -0.3 is 14.2 Å². The fraction of sp³-hybridized carbons (Fsp3) is 0.174. The van der Waals surface area contributed by atoms with Gasteiger partial charge in [-0.05, 0) is 30.3 Å². The number of rotatable bonds is 3. The highest BCUT2D eigenvalue weighted by atomic mass is 35.5. The van der Waals surface area contributed by atoms with Crippen molar-refractivity contribution in [3.8, 4) is 17.2 Å². The molecule has 0 saturated heterocycles. The van der Waals surface area contributed by atoms with Crippen LogP contribution in [0.15, 0.2) is 65.8 Å². The fourth-order valence-corrected chi connectivity index (χ4v) is 4.53. The van der Waals surface area contributed by atoms with Crippen molar-refractivity contribution in [3.63, 3.8) is 0 Å². The minimum absolute atomic E-state index is 0.0532. The van der Waals surface area contributed by atoms with E-state index in [1.54, 1.807) is 0 Å². The molecule has 3 aromatic carbocycles. The molecule has 0 aromatic heterocycles. The number of fused-ring (bicyclic) bond motifs is 4. The lowest BCUT2D eigenvalue weighted by Gasteiger charge is -2.38. The summed E-state index contributed by atoms with van der Waals surface area (Å²) in [6.07, 6.45) is -0.0582. The molecule has 0 spiro atoms. The maximum Gasteiger partial charge on any atom is 0.270 e. The van der Waals surface area contributed by atoms with Gasteiger partial charge in [0.1, 0.15) is 5.75 Å². The third kappa shape index (κ3) is 2.95. The van der Waals surface area contributed by atoms with Crippen molar-refractivity contribution in [1.29, 1.82) is 0 Å². The highest BCUT2D eigenvalue weighted by molar-refractivity contribution is 6.31. The van der Waals surface area contributed by atoms with Crippen LogP contribution in [-0.4, -0.2) is 22.4 Å². The molecule has 6 rings (SSSR count). The number of hydrazone groups is 1. The molecule has 0 amide bonds. The molecule has 0 N–H and O–H groups in total. The SMILES string of the molecule is O=[N+]([O-])c1ccc(Cl)c([C@@H]2Oc3ccccc3[C@H]3CC(c4ccc5c(c4)OCO5)=NN32)c1. The Morgan fingerprint density at radius 3 is 2.72 bits per heavy atom.